The molecule has 1 unspecified atom stereocenters. The fourth-order valence-electron chi connectivity index (χ4n) is 1.98. The summed E-state index contributed by atoms with van der Waals surface area (Å²) in [7, 11) is 1.68. The lowest BCUT2D eigenvalue weighted by Gasteiger charge is -2.13. The van der Waals surface area contributed by atoms with Gasteiger partial charge in [0.15, 0.2) is 0 Å². The van der Waals surface area contributed by atoms with Crippen molar-refractivity contribution in [1.82, 2.24) is 0 Å². The van der Waals surface area contributed by atoms with Gasteiger partial charge in [-0.25, -0.2) is 0 Å². The normalized spacial score (nSPS) is 12.4. The smallest absolute Gasteiger partial charge is 0.133 e. The molecule has 2 nitrogen and oxygen atoms in total. The van der Waals surface area contributed by atoms with Crippen molar-refractivity contribution in [3.8, 4) is 5.75 Å². The van der Waals surface area contributed by atoms with Crippen LogP contribution >= 0.6 is 31.9 Å². The van der Waals surface area contributed by atoms with Crippen LogP contribution in [0.25, 0.3) is 0 Å². The third kappa shape index (κ3) is 6.59. The first-order valence-electron chi connectivity index (χ1n) is 7.24. The number of methoxy groups -OCH3 is 1. The van der Waals surface area contributed by atoms with Crippen molar-refractivity contribution in [2.24, 2.45) is 0 Å². The van der Waals surface area contributed by atoms with Gasteiger partial charge in [0.05, 0.1) is 11.1 Å². The van der Waals surface area contributed by atoms with Crippen molar-refractivity contribution in [2.75, 3.05) is 20.3 Å². The minimum atomic E-state index is 0.420. The highest BCUT2D eigenvalue weighted by atomic mass is 79.9. The summed E-state index contributed by atoms with van der Waals surface area (Å²) in [6, 6.07) is 6.29. The number of hydrogen-bond donors (Lipinski definition) is 0. The Kier molecular flexibility index (Phi) is 9.57. The number of benzene rings is 1. The molecule has 0 N–H and O–H groups in total. The summed E-state index contributed by atoms with van der Waals surface area (Å²) in [5.41, 5.74) is 1.30. The summed E-state index contributed by atoms with van der Waals surface area (Å²) >= 11 is 7.35. The van der Waals surface area contributed by atoms with E-state index in [-0.39, 0.29) is 0 Å². The standard InChI is InChI=1S/C16H24Br2O2/c1-3-4-5-6-7-14(17)13-8-9-16(15(18)12-13)20-11-10-19-2/h8-9,12,14H,3-7,10-11H2,1-2H3. The highest BCUT2D eigenvalue weighted by Gasteiger charge is 2.10. The highest BCUT2D eigenvalue weighted by molar-refractivity contribution is 9.10. The summed E-state index contributed by atoms with van der Waals surface area (Å²) in [5.74, 6) is 0.872. The molecule has 1 aromatic carbocycles. The van der Waals surface area contributed by atoms with Crippen LogP contribution in [-0.4, -0.2) is 20.3 Å². The molecule has 0 saturated carbocycles. The molecule has 0 bridgehead atoms. The zero-order chi connectivity index (χ0) is 14.8. The van der Waals surface area contributed by atoms with Crippen molar-refractivity contribution in [2.45, 2.75) is 43.9 Å². The van der Waals surface area contributed by atoms with Gasteiger partial charge >= 0.3 is 0 Å². The minimum Gasteiger partial charge on any atom is -0.490 e. The molecule has 20 heavy (non-hydrogen) atoms. The van der Waals surface area contributed by atoms with E-state index in [9.17, 15) is 0 Å². The van der Waals surface area contributed by atoms with Gasteiger partial charge in [-0.15, -0.1) is 0 Å². The van der Waals surface area contributed by atoms with E-state index in [0.29, 0.717) is 18.0 Å². The second-order valence-electron chi connectivity index (χ2n) is 4.85. The third-order valence-corrected chi connectivity index (χ3v) is 4.78. The summed E-state index contributed by atoms with van der Waals surface area (Å²) < 4.78 is 11.6. The first kappa shape index (κ1) is 18.0. The molecule has 0 fully saturated rings. The molecule has 4 heteroatoms. The second-order valence-corrected chi connectivity index (χ2v) is 6.81. The van der Waals surface area contributed by atoms with E-state index in [0.717, 1.165) is 10.2 Å². The lowest BCUT2D eigenvalue weighted by atomic mass is 10.1. The van der Waals surface area contributed by atoms with Gasteiger partial charge in [0.25, 0.3) is 0 Å². The Morgan fingerprint density at radius 2 is 1.95 bits per heavy atom. The third-order valence-electron chi connectivity index (χ3n) is 3.17. The van der Waals surface area contributed by atoms with Crippen LogP contribution in [0.5, 0.6) is 5.75 Å². The molecule has 1 aromatic rings. The van der Waals surface area contributed by atoms with E-state index in [2.05, 4.69) is 50.9 Å². The van der Waals surface area contributed by atoms with Crippen LogP contribution in [0.3, 0.4) is 0 Å². The number of halogens is 2. The molecule has 114 valence electrons. The van der Waals surface area contributed by atoms with Gasteiger partial charge in [-0.1, -0.05) is 54.6 Å². The second kappa shape index (κ2) is 10.6. The van der Waals surface area contributed by atoms with Crippen molar-refractivity contribution in [3.63, 3.8) is 0 Å². The molecule has 0 spiro atoms. The Balaban J connectivity index is 2.48. The minimum absolute atomic E-state index is 0.420. The molecule has 0 heterocycles. The van der Waals surface area contributed by atoms with Crippen molar-refractivity contribution in [1.29, 1.82) is 0 Å². The fraction of sp³-hybridized carbons (Fsp3) is 0.625. The van der Waals surface area contributed by atoms with Crippen LogP contribution in [0, 0.1) is 0 Å². The van der Waals surface area contributed by atoms with Crippen LogP contribution in [0.4, 0.5) is 0 Å². The van der Waals surface area contributed by atoms with Crippen LogP contribution in [0.2, 0.25) is 0 Å². The molecule has 0 aliphatic rings. The predicted molar refractivity (Wildman–Crippen MR) is 91.9 cm³/mol. The lowest BCUT2D eigenvalue weighted by molar-refractivity contribution is 0.146. The molecule has 0 aliphatic heterocycles. The quantitative estimate of drug-likeness (QED) is 0.356. The maximum absolute atomic E-state index is 5.64. The van der Waals surface area contributed by atoms with Gasteiger partial charge in [-0.3, -0.25) is 0 Å². The first-order chi connectivity index (χ1) is 9.69. The summed E-state index contributed by atoms with van der Waals surface area (Å²) in [4.78, 5) is 0.420. The van der Waals surface area contributed by atoms with E-state index in [4.69, 9.17) is 9.47 Å². The van der Waals surface area contributed by atoms with Gasteiger partial charge in [0.2, 0.25) is 0 Å². The van der Waals surface area contributed by atoms with Crippen LogP contribution in [0.1, 0.15) is 49.4 Å². The Hall–Kier alpha value is -0.0600. The molecule has 1 rings (SSSR count). The predicted octanol–water partition coefficient (Wildman–Crippen LogP) is 5.88. The number of hydrogen-bond acceptors (Lipinski definition) is 2. The molecule has 1 atom stereocenters. The molecule has 0 radical (unpaired) electrons. The average molecular weight is 408 g/mol. The Morgan fingerprint density at radius 1 is 1.15 bits per heavy atom. The van der Waals surface area contributed by atoms with Gasteiger partial charge in [0.1, 0.15) is 12.4 Å². The number of rotatable bonds is 10. The maximum Gasteiger partial charge on any atom is 0.133 e. The summed E-state index contributed by atoms with van der Waals surface area (Å²) in [5, 5.41) is 0. The van der Waals surface area contributed by atoms with Crippen molar-refractivity contribution < 1.29 is 9.47 Å². The molecular formula is C16H24Br2O2. The average Bonchev–Trinajstić information content (AvgIpc) is 2.45. The number of alkyl halides is 1. The maximum atomic E-state index is 5.64. The highest BCUT2D eigenvalue weighted by Crippen LogP contribution is 2.34. The van der Waals surface area contributed by atoms with Gasteiger partial charge < -0.3 is 9.47 Å². The van der Waals surface area contributed by atoms with E-state index in [1.54, 1.807) is 7.11 Å². The first-order valence-corrected chi connectivity index (χ1v) is 8.95. The summed E-state index contributed by atoms with van der Waals surface area (Å²) in [6.45, 7) is 3.42. The monoisotopic (exact) mass is 406 g/mol. The summed E-state index contributed by atoms with van der Waals surface area (Å²) in [6.07, 6.45) is 6.38. The topological polar surface area (TPSA) is 18.5 Å². The van der Waals surface area contributed by atoms with Crippen LogP contribution < -0.4 is 4.74 Å². The Labute approximate surface area is 139 Å². The lowest BCUT2D eigenvalue weighted by Crippen LogP contribution is -2.04. The Bertz CT molecular complexity index is 383. The van der Waals surface area contributed by atoms with Crippen molar-refractivity contribution >= 4 is 31.9 Å². The molecule has 0 aromatic heterocycles. The van der Waals surface area contributed by atoms with E-state index in [1.807, 2.05) is 6.07 Å². The largest absolute Gasteiger partial charge is 0.490 e. The van der Waals surface area contributed by atoms with E-state index >= 15 is 0 Å². The van der Waals surface area contributed by atoms with Crippen molar-refractivity contribution in [3.05, 3.63) is 28.2 Å². The van der Waals surface area contributed by atoms with Crippen LogP contribution in [0.15, 0.2) is 22.7 Å². The zero-order valence-electron chi connectivity index (χ0n) is 12.3. The SMILES string of the molecule is CCCCCCC(Br)c1ccc(OCCOC)c(Br)c1. The molecule has 0 amide bonds. The van der Waals surface area contributed by atoms with Gasteiger partial charge in [-0.2, -0.15) is 0 Å². The van der Waals surface area contributed by atoms with Gasteiger partial charge in [-0.05, 0) is 40.0 Å². The number of unbranched alkanes of at least 4 members (excludes halogenated alkanes) is 3. The molecular weight excluding hydrogens is 384 g/mol. The van der Waals surface area contributed by atoms with E-state index in [1.165, 1.54) is 37.7 Å². The van der Waals surface area contributed by atoms with E-state index < -0.39 is 0 Å². The number of ether oxygens (including phenoxy) is 2. The van der Waals surface area contributed by atoms with Gasteiger partial charge in [0, 0.05) is 11.9 Å². The van der Waals surface area contributed by atoms with Crippen LogP contribution in [-0.2, 0) is 4.74 Å². The fourth-order valence-corrected chi connectivity index (χ4v) is 3.10. The Morgan fingerprint density at radius 3 is 2.60 bits per heavy atom. The zero-order valence-corrected chi connectivity index (χ0v) is 15.5. The molecule has 0 saturated heterocycles. The molecule has 0 aliphatic carbocycles.